The van der Waals surface area contributed by atoms with E-state index >= 15 is 0 Å². The average molecular weight is 385 g/mol. The van der Waals surface area contributed by atoms with Crippen molar-refractivity contribution in [3.63, 3.8) is 0 Å². The second kappa shape index (κ2) is 7.97. The fourth-order valence-electron chi connectivity index (χ4n) is 2.91. The van der Waals surface area contributed by atoms with Gasteiger partial charge in [0.25, 0.3) is 0 Å². The van der Waals surface area contributed by atoms with Gasteiger partial charge in [-0.3, -0.25) is 4.90 Å². The van der Waals surface area contributed by atoms with Crippen molar-refractivity contribution in [2.45, 2.75) is 24.3 Å². The van der Waals surface area contributed by atoms with Crippen LogP contribution in [-0.2, 0) is 16.6 Å². The van der Waals surface area contributed by atoms with Gasteiger partial charge >= 0.3 is 0 Å². The van der Waals surface area contributed by atoms with Gasteiger partial charge in [-0.05, 0) is 78.5 Å². The first-order chi connectivity index (χ1) is 11.5. The number of thiophene rings is 1. The van der Waals surface area contributed by atoms with Gasteiger partial charge in [0.05, 0.1) is 4.90 Å². The molecule has 4 nitrogen and oxygen atoms in total. The monoisotopic (exact) mass is 384 g/mol. The number of sulfonamides is 1. The maximum atomic E-state index is 12.3. The summed E-state index contributed by atoms with van der Waals surface area (Å²) in [5.41, 5.74) is 1.36. The summed E-state index contributed by atoms with van der Waals surface area (Å²) in [5.74, 6) is 0.394. The van der Waals surface area contributed by atoms with E-state index in [9.17, 15) is 8.42 Å². The van der Waals surface area contributed by atoms with E-state index in [0.29, 0.717) is 17.5 Å². The Hall–Kier alpha value is -0.920. The first-order valence-electron chi connectivity index (χ1n) is 8.01. The molecular weight excluding hydrogens is 364 g/mol. The first-order valence-corrected chi connectivity index (χ1v) is 10.8. The lowest BCUT2D eigenvalue weighted by Crippen LogP contribution is -2.38. The molecule has 0 radical (unpaired) electrons. The van der Waals surface area contributed by atoms with E-state index in [1.54, 1.807) is 23.5 Å². The number of benzene rings is 1. The maximum absolute atomic E-state index is 12.3. The minimum atomic E-state index is -3.45. The topological polar surface area (TPSA) is 49.4 Å². The second-order valence-electron chi connectivity index (χ2n) is 6.16. The van der Waals surface area contributed by atoms with Crippen LogP contribution in [0.15, 0.2) is 46.0 Å². The highest BCUT2D eigenvalue weighted by molar-refractivity contribution is 7.89. The van der Waals surface area contributed by atoms with Crippen molar-refractivity contribution in [1.82, 2.24) is 9.62 Å². The molecule has 0 atom stereocenters. The fraction of sp³-hybridized carbons (Fsp3) is 0.412. The van der Waals surface area contributed by atoms with Crippen LogP contribution in [0.4, 0.5) is 0 Å². The van der Waals surface area contributed by atoms with Crippen molar-refractivity contribution < 1.29 is 8.42 Å². The van der Waals surface area contributed by atoms with Crippen LogP contribution in [0.2, 0.25) is 5.02 Å². The Morgan fingerprint density at radius 1 is 1.17 bits per heavy atom. The Morgan fingerprint density at radius 3 is 2.50 bits per heavy atom. The molecule has 1 aromatic carbocycles. The van der Waals surface area contributed by atoms with Gasteiger partial charge in [-0.1, -0.05) is 11.6 Å². The first kappa shape index (κ1) is 17.9. The summed E-state index contributed by atoms with van der Waals surface area (Å²) >= 11 is 7.53. The molecule has 0 bridgehead atoms. The molecule has 24 heavy (non-hydrogen) atoms. The van der Waals surface area contributed by atoms with Crippen LogP contribution in [0.5, 0.6) is 0 Å². The fourth-order valence-corrected chi connectivity index (χ4v) is 4.82. The van der Waals surface area contributed by atoms with E-state index in [1.807, 2.05) is 0 Å². The van der Waals surface area contributed by atoms with E-state index < -0.39 is 10.0 Å². The molecule has 1 aromatic heterocycles. The van der Waals surface area contributed by atoms with Crippen LogP contribution in [-0.4, -0.2) is 33.0 Å². The lowest BCUT2D eigenvalue weighted by molar-refractivity contribution is 0.179. The Bertz CT molecular complexity index is 737. The zero-order valence-corrected chi connectivity index (χ0v) is 15.7. The summed E-state index contributed by atoms with van der Waals surface area (Å²) in [4.78, 5) is 2.70. The van der Waals surface area contributed by atoms with Gasteiger partial charge in [-0.15, -0.1) is 0 Å². The van der Waals surface area contributed by atoms with Gasteiger partial charge in [0, 0.05) is 18.1 Å². The summed E-state index contributed by atoms with van der Waals surface area (Å²) in [5, 5.41) is 4.83. The molecule has 0 spiro atoms. The third-order valence-corrected chi connectivity index (χ3v) is 6.80. The number of likely N-dealkylation sites (tertiary alicyclic amines) is 1. The predicted octanol–water partition coefficient (Wildman–Crippen LogP) is 3.59. The van der Waals surface area contributed by atoms with Crippen LogP contribution in [0.1, 0.15) is 18.4 Å². The quantitative estimate of drug-likeness (QED) is 0.827. The standard InChI is InChI=1S/C17H21ClN2O2S2/c18-16-1-3-17(4-2-16)24(21,22)19-11-14-5-8-20(9-6-14)12-15-7-10-23-13-15/h1-4,7,10,13-14,19H,5-6,8-9,11-12H2. The molecule has 1 N–H and O–H groups in total. The molecular formula is C17H21ClN2O2S2. The van der Waals surface area contributed by atoms with Crippen molar-refractivity contribution in [3.8, 4) is 0 Å². The van der Waals surface area contributed by atoms with Crippen LogP contribution < -0.4 is 4.72 Å². The molecule has 1 fully saturated rings. The molecule has 3 rings (SSSR count). The Kier molecular flexibility index (Phi) is 5.94. The SMILES string of the molecule is O=S(=O)(NCC1CCN(Cc2ccsc2)CC1)c1ccc(Cl)cc1. The second-order valence-corrected chi connectivity index (χ2v) is 9.14. The Morgan fingerprint density at radius 2 is 1.88 bits per heavy atom. The maximum Gasteiger partial charge on any atom is 0.240 e. The van der Waals surface area contributed by atoms with E-state index in [-0.39, 0.29) is 4.90 Å². The van der Waals surface area contributed by atoms with Crippen LogP contribution in [0.25, 0.3) is 0 Å². The molecule has 130 valence electrons. The summed E-state index contributed by atoms with van der Waals surface area (Å²) in [6.07, 6.45) is 2.04. The molecule has 1 aliphatic rings. The molecule has 0 amide bonds. The minimum absolute atomic E-state index is 0.266. The zero-order valence-electron chi connectivity index (χ0n) is 13.3. The molecule has 0 unspecified atom stereocenters. The molecule has 2 aromatic rings. The average Bonchev–Trinajstić information content (AvgIpc) is 3.08. The van der Waals surface area contributed by atoms with Crippen molar-refractivity contribution in [2.24, 2.45) is 5.92 Å². The van der Waals surface area contributed by atoms with Gasteiger partial charge in [0.15, 0.2) is 0 Å². The summed E-state index contributed by atoms with van der Waals surface area (Å²) < 4.78 is 27.3. The Labute approximate surface area is 152 Å². The predicted molar refractivity (Wildman–Crippen MR) is 99.0 cm³/mol. The largest absolute Gasteiger partial charge is 0.299 e. The third-order valence-electron chi connectivity index (χ3n) is 4.38. The number of hydrogen-bond donors (Lipinski definition) is 1. The van der Waals surface area contributed by atoms with Crippen LogP contribution in [0, 0.1) is 5.92 Å². The highest BCUT2D eigenvalue weighted by Crippen LogP contribution is 2.20. The lowest BCUT2D eigenvalue weighted by atomic mass is 9.97. The number of halogens is 1. The normalized spacial score (nSPS) is 17.2. The lowest BCUT2D eigenvalue weighted by Gasteiger charge is -2.31. The van der Waals surface area contributed by atoms with Gasteiger partial charge in [-0.2, -0.15) is 11.3 Å². The molecule has 2 heterocycles. The van der Waals surface area contributed by atoms with Gasteiger partial charge < -0.3 is 0 Å². The molecule has 7 heteroatoms. The summed E-state index contributed by atoms with van der Waals surface area (Å²) in [6, 6.07) is 8.43. The molecule has 0 aliphatic carbocycles. The zero-order chi connectivity index (χ0) is 17.0. The van der Waals surface area contributed by atoms with Crippen molar-refractivity contribution >= 4 is 33.0 Å². The number of nitrogens with zero attached hydrogens (tertiary/aromatic N) is 1. The van der Waals surface area contributed by atoms with Crippen LogP contribution >= 0.6 is 22.9 Å². The van der Waals surface area contributed by atoms with E-state index in [4.69, 9.17) is 11.6 Å². The van der Waals surface area contributed by atoms with E-state index in [1.165, 1.54) is 17.7 Å². The Balaban J connectivity index is 1.47. The van der Waals surface area contributed by atoms with Gasteiger partial charge in [0.2, 0.25) is 10.0 Å². The van der Waals surface area contributed by atoms with Gasteiger partial charge in [0.1, 0.15) is 0 Å². The molecule has 0 saturated carbocycles. The number of rotatable bonds is 6. The van der Waals surface area contributed by atoms with E-state index in [0.717, 1.165) is 32.5 Å². The van der Waals surface area contributed by atoms with E-state index in [2.05, 4.69) is 26.4 Å². The number of piperidine rings is 1. The molecule has 1 saturated heterocycles. The molecule has 1 aliphatic heterocycles. The third kappa shape index (κ3) is 4.80. The van der Waals surface area contributed by atoms with Crippen molar-refractivity contribution in [3.05, 3.63) is 51.7 Å². The number of nitrogens with one attached hydrogen (secondary N) is 1. The van der Waals surface area contributed by atoms with Crippen molar-refractivity contribution in [1.29, 1.82) is 0 Å². The van der Waals surface area contributed by atoms with Crippen LogP contribution in [0.3, 0.4) is 0 Å². The highest BCUT2D eigenvalue weighted by Gasteiger charge is 2.22. The number of hydrogen-bond acceptors (Lipinski definition) is 4. The van der Waals surface area contributed by atoms with Gasteiger partial charge in [-0.25, -0.2) is 13.1 Å². The smallest absolute Gasteiger partial charge is 0.240 e. The van der Waals surface area contributed by atoms with Crippen molar-refractivity contribution in [2.75, 3.05) is 19.6 Å². The summed E-state index contributed by atoms with van der Waals surface area (Å²) in [6.45, 7) is 3.52. The highest BCUT2D eigenvalue weighted by atomic mass is 35.5. The minimum Gasteiger partial charge on any atom is -0.299 e. The summed E-state index contributed by atoms with van der Waals surface area (Å²) in [7, 11) is -3.45.